The molecule has 0 amide bonds. The molecule has 0 radical (unpaired) electrons. The Hall–Kier alpha value is -1.66. The van der Waals surface area contributed by atoms with Crippen LogP contribution in [0, 0.1) is 20.2 Å². The SMILES string of the molecule is O=[N+]([O-])c1ccc([S-])cc1.O=[N+]([O-])c1ccc([S-])cc1.[Pd+2]. The molecule has 0 heterocycles. The van der Waals surface area contributed by atoms with E-state index < -0.39 is 9.85 Å². The normalized spacial score (nSPS) is 8.76. The maximum Gasteiger partial charge on any atom is 2.00 e. The molecule has 112 valence electrons. The monoisotopic (exact) mass is 414 g/mol. The van der Waals surface area contributed by atoms with Crippen molar-refractivity contribution in [2.24, 2.45) is 0 Å². The van der Waals surface area contributed by atoms with E-state index >= 15 is 0 Å². The summed E-state index contributed by atoms with van der Waals surface area (Å²) in [6.45, 7) is 0. The van der Waals surface area contributed by atoms with Gasteiger partial charge in [-0.2, -0.15) is 9.79 Å². The van der Waals surface area contributed by atoms with E-state index in [1.54, 1.807) is 0 Å². The van der Waals surface area contributed by atoms with E-state index in [1.807, 2.05) is 0 Å². The van der Waals surface area contributed by atoms with Crippen LogP contribution in [-0.2, 0) is 45.7 Å². The standard InChI is InChI=1S/2C6H5NO2S.Pd/c2*8-7(9)5-1-3-6(10)4-2-5;/h2*1-4,10H;/q;;+2/p-2. The summed E-state index contributed by atoms with van der Waals surface area (Å²) in [6, 6.07) is 11.7. The zero-order valence-corrected chi connectivity index (χ0v) is 13.5. The smallest absolute Gasteiger partial charge is 0.780 e. The van der Waals surface area contributed by atoms with Gasteiger partial charge in [0.25, 0.3) is 11.4 Å². The predicted molar refractivity (Wildman–Crippen MR) is 77.5 cm³/mol. The predicted octanol–water partition coefficient (Wildman–Crippen LogP) is 3.00. The zero-order valence-electron chi connectivity index (χ0n) is 10.3. The Labute approximate surface area is 145 Å². The van der Waals surface area contributed by atoms with Gasteiger partial charge in [-0.3, -0.25) is 20.2 Å². The number of hydrogen-bond acceptors (Lipinski definition) is 6. The fraction of sp³-hybridized carbons (Fsp3) is 0. The van der Waals surface area contributed by atoms with E-state index in [1.165, 1.54) is 48.5 Å². The Morgan fingerprint density at radius 3 is 1.10 bits per heavy atom. The molecule has 9 heteroatoms. The van der Waals surface area contributed by atoms with Gasteiger partial charge in [0.15, 0.2) is 0 Å². The molecule has 0 aromatic heterocycles. The number of non-ortho nitro benzene ring substituents is 2. The number of nitro groups is 2. The molecule has 0 aliphatic heterocycles. The summed E-state index contributed by atoms with van der Waals surface area (Å²) in [6.07, 6.45) is 0. The van der Waals surface area contributed by atoms with Crippen LogP contribution in [0.1, 0.15) is 0 Å². The minimum atomic E-state index is -0.450. The first-order valence-electron chi connectivity index (χ1n) is 5.23. The third-order valence-electron chi connectivity index (χ3n) is 2.10. The van der Waals surface area contributed by atoms with E-state index in [4.69, 9.17) is 25.3 Å². The molecule has 0 spiro atoms. The van der Waals surface area contributed by atoms with Crippen LogP contribution >= 0.6 is 0 Å². The Bertz CT molecular complexity index is 550. The molecule has 2 rings (SSSR count). The van der Waals surface area contributed by atoms with Gasteiger partial charge in [-0.25, -0.2) is 0 Å². The van der Waals surface area contributed by atoms with Gasteiger partial charge in [0.1, 0.15) is 0 Å². The van der Waals surface area contributed by atoms with Gasteiger partial charge in [0.05, 0.1) is 9.85 Å². The van der Waals surface area contributed by atoms with Gasteiger partial charge in [0.2, 0.25) is 0 Å². The topological polar surface area (TPSA) is 86.3 Å². The average Bonchev–Trinajstić information content (AvgIpc) is 2.40. The van der Waals surface area contributed by atoms with E-state index in [-0.39, 0.29) is 31.8 Å². The number of rotatable bonds is 2. The summed E-state index contributed by atoms with van der Waals surface area (Å²) >= 11 is 9.47. The van der Waals surface area contributed by atoms with Crippen LogP contribution in [0.15, 0.2) is 58.3 Å². The average molecular weight is 415 g/mol. The van der Waals surface area contributed by atoms with Crippen molar-refractivity contribution in [1.29, 1.82) is 0 Å². The molecule has 0 fully saturated rings. The molecule has 2 aromatic carbocycles. The van der Waals surface area contributed by atoms with Crippen molar-refractivity contribution in [2.45, 2.75) is 9.79 Å². The minimum absolute atomic E-state index is 0. The van der Waals surface area contributed by atoms with Gasteiger partial charge in [-0.1, -0.05) is 24.3 Å². The van der Waals surface area contributed by atoms with Crippen LogP contribution in [0.3, 0.4) is 0 Å². The molecule has 0 atom stereocenters. The fourth-order valence-electron chi connectivity index (χ4n) is 1.14. The molecular weight excluding hydrogens is 407 g/mol. The van der Waals surface area contributed by atoms with E-state index in [2.05, 4.69) is 0 Å². The number of benzene rings is 2. The first-order chi connectivity index (χ1) is 9.40. The molecule has 21 heavy (non-hydrogen) atoms. The third-order valence-corrected chi connectivity index (χ3v) is 2.64. The Kier molecular flexibility index (Phi) is 8.58. The largest absolute Gasteiger partial charge is 2.00 e. The van der Waals surface area contributed by atoms with Crippen molar-refractivity contribution >= 4 is 36.6 Å². The Morgan fingerprint density at radius 1 is 0.667 bits per heavy atom. The summed E-state index contributed by atoms with van der Waals surface area (Å²) in [5.74, 6) is 0. The second-order valence-electron chi connectivity index (χ2n) is 3.50. The molecule has 6 nitrogen and oxygen atoms in total. The maximum absolute atomic E-state index is 10.1. The van der Waals surface area contributed by atoms with Crippen molar-refractivity contribution < 1.29 is 30.3 Å². The van der Waals surface area contributed by atoms with E-state index in [0.29, 0.717) is 9.79 Å². The molecule has 0 N–H and O–H groups in total. The van der Waals surface area contributed by atoms with Crippen molar-refractivity contribution in [3.8, 4) is 0 Å². The Morgan fingerprint density at radius 2 is 0.905 bits per heavy atom. The van der Waals surface area contributed by atoms with E-state index in [0.717, 1.165) is 0 Å². The van der Waals surface area contributed by atoms with Gasteiger partial charge >= 0.3 is 20.4 Å². The molecule has 0 saturated heterocycles. The summed E-state index contributed by atoms with van der Waals surface area (Å²) < 4.78 is 0. The molecule has 0 unspecified atom stereocenters. The molecule has 0 aliphatic rings. The number of nitro benzene ring substituents is 2. The van der Waals surface area contributed by atoms with Gasteiger partial charge in [-0.05, 0) is 0 Å². The van der Waals surface area contributed by atoms with Crippen LogP contribution in [0.5, 0.6) is 0 Å². The van der Waals surface area contributed by atoms with E-state index in [9.17, 15) is 20.2 Å². The summed E-state index contributed by atoms with van der Waals surface area (Å²) in [4.78, 5) is 20.5. The quantitative estimate of drug-likeness (QED) is 0.325. The first kappa shape index (κ1) is 19.3. The second-order valence-corrected chi connectivity index (χ2v) is 4.44. The summed E-state index contributed by atoms with van der Waals surface area (Å²) in [5, 5.41) is 20.2. The van der Waals surface area contributed by atoms with Crippen molar-refractivity contribution in [1.82, 2.24) is 0 Å². The van der Waals surface area contributed by atoms with Gasteiger partial charge < -0.3 is 25.3 Å². The first-order valence-corrected chi connectivity index (χ1v) is 6.04. The molecule has 0 bridgehead atoms. The second kappa shape index (κ2) is 9.31. The van der Waals surface area contributed by atoms with Crippen molar-refractivity contribution in [2.75, 3.05) is 0 Å². The van der Waals surface area contributed by atoms with Gasteiger partial charge in [0, 0.05) is 24.3 Å². The van der Waals surface area contributed by atoms with Crippen molar-refractivity contribution in [3.63, 3.8) is 0 Å². The van der Waals surface area contributed by atoms with Crippen molar-refractivity contribution in [3.05, 3.63) is 68.8 Å². The number of hydrogen-bond donors (Lipinski definition) is 0. The summed E-state index contributed by atoms with van der Waals surface area (Å²) in [5.41, 5.74) is 0.155. The van der Waals surface area contributed by atoms with Crippen LogP contribution in [-0.4, -0.2) is 9.85 Å². The van der Waals surface area contributed by atoms with Crippen LogP contribution in [0.4, 0.5) is 11.4 Å². The fourth-order valence-corrected chi connectivity index (χ4v) is 1.41. The molecule has 2 aromatic rings. The van der Waals surface area contributed by atoms with Gasteiger partial charge in [-0.15, -0.1) is 0 Å². The Balaban J connectivity index is 0.000000364. The van der Waals surface area contributed by atoms with Crippen LogP contribution in [0.25, 0.3) is 0 Å². The van der Waals surface area contributed by atoms with Crippen LogP contribution in [0.2, 0.25) is 0 Å². The third kappa shape index (κ3) is 7.06. The number of nitrogens with zero attached hydrogens (tertiary/aromatic N) is 2. The van der Waals surface area contributed by atoms with Crippen LogP contribution < -0.4 is 0 Å². The molecule has 0 aliphatic carbocycles. The minimum Gasteiger partial charge on any atom is -0.780 e. The summed E-state index contributed by atoms with van der Waals surface area (Å²) in [7, 11) is 0. The molecular formula is C12H8N2O4PdS2. The maximum atomic E-state index is 10.1. The molecule has 0 saturated carbocycles. The zero-order chi connectivity index (χ0) is 15.1.